The molecule has 1 amide bonds. The predicted molar refractivity (Wildman–Crippen MR) is 83.4 cm³/mol. The Labute approximate surface area is 144 Å². The third-order valence-corrected chi connectivity index (χ3v) is 3.71. The molecule has 1 aromatic carbocycles. The molecule has 0 atom stereocenters. The summed E-state index contributed by atoms with van der Waals surface area (Å²) in [6.45, 7) is -0.0210. The molecule has 0 aliphatic heterocycles. The molecule has 0 aliphatic carbocycles. The van der Waals surface area contributed by atoms with E-state index in [-0.39, 0.29) is 28.7 Å². The monoisotopic (exact) mass is 362 g/mol. The predicted octanol–water partition coefficient (Wildman–Crippen LogP) is 3.52. The van der Waals surface area contributed by atoms with Crippen LogP contribution < -0.4 is 5.32 Å². The van der Waals surface area contributed by atoms with Gasteiger partial charge in [0, 0.05) is 24.3 Å². The summed E-state index contributed by atoms with van der Waals surface area (Å²) in [5.41, 5.74) is -0.498. The van der Waals surface area contributed by atoms with Gasteiger partial charge < -0.3 is 10.3 Å². The van der Waals surface area contributed by atoms with Crippen LogP contribution in [0.1, 0.15) is 27.0 Å². The standard InChI is InChI=1S/C17H10F4N4O/c18-14-2-1-9(3-10(14)5-22)6-25-16(26)13-8-24-15-12(13)4-11(7-23-15)17(19,20)21/h1-4,7-8H,6H2,(H,23,24)(H,25,26). The number of carbonyl (C=O) groups excluding carboxylic acids is 1. The first-order valence-electron chi connectivity index (χ1n) is 7.30. The van der Waals surface area contributed by atoms with Gasteiger partial charge in [-0.05, 0) is 23.8 Å². The molecule has 0 fully saturated rings. The third-order valence-electron chi connectivity index (χ3n) is 3.71. The van der Waals surface area contributed by atoms with Gasteiger partial charge in [0.25, 0.3) is 5.91 Å². The number of nitriles is 1. The number of hydrogen-bond donors (Lipinski definition) is 2. The van der Waals surface area contributed by atoms with E-state index in [0.29, 0.717) is 11.8 Å². The van der Waals surface area contributed by atoms with Gasteiger partial charge in [-0.15, -0.1) is 0 Å². The van der Waals surface area contributed by atoms with Crippen LogP contribution in [-0.4, -0.2) is 15.9 Å². The molecule has 0 spiro atoms. The number of H-pyrrole nitrogens is 1. The Kier molecular flexibility index (Phi) is 4.34. The summed E-state index contributed by atoms with van der Waals surface area (Å²) in [4.78, 5) is 18.6. The van der Waals surface area contributed by atoms with Crippen LogP contribution in [0.4, 0.5) is 17.6 Å². The van der Waals surface area contributed by atoms with Crippen molar-refractivity contribution in [2.24, 2.45) is 0 Å². The van der Waals surface area contributed by atoms with Gasteiger partial charge in [-0.3, -0.25) is 4.79 Å². The molecule has 9 heteroatoms. The van der Waals surface area contributed by atoms with Crippen molar-refractivity contribution in [3.05, 3.63) is 64.7 Å². The lowest BCUT2D eigenvalue weighted by Crippen LogP contribution is -2.22. The fourth-order valence-corrected chi connectivity index (χ4v) is 2.39. The number of pyridine rings is 1. The number of fused-ring (bicyclic) bond motifs is 1. The van der Waals surface area contributed by atoms with E-state index in [9.17, 15) is 22.4 Å². The summed E-state index contributed by atoms with van der Waals surface area (Å²) in [5, 5.41) is 11.4. The van der Waals surface area contributed by atoms with Crippen molar-refractivity contribution in [2.75, 3.05) is 0 Å². The fraction of sp³-hybridized carbons (Fsp3) is 0.118. The minimum absolute atomic E-state index is 0.00113. The Balaban J connectivity index is 1.83. The van der Waals surface area contributed by atoms with E-state index < -0.39 is 23.5 Å². The molecule has 5 nitrogen and oxygen atoms in total. The van der Waals surface area contributed by atoms with E-state index >= 15 is 0 Å². The second kappa shape index (κ2) is 6.48. The molecular formula is C17H10F4N4O. The summed E-state index contributed by atoms with van der Waals surface area (Å²) in [7, 11) is 0. The second-order valence-corrected chi connectivity index (χ2v) is 5.43. The molecule has 3 aromatic rings. The SMILES string of the molecule is N#Cc1cc(CNC(=O)c2c[nH]c3ncc(C(F)(F)F)cc23)ccc1F. The van der Waals surface area contributed by atoms with Crippen molar-refractivity contribution in [3.63, 3.8) is 0 Å². The van der Waals surface area contributed by atoms with Crippen LogP contribution in [0.5, 0.6) is 0 Å². The summed E-state index contributed by atoms with van der Waals surface area (Å²) in [6, 6.07) is 6.32. The molecule has 2 aromatic heterocycles. The largest absolute Gasteiger partial charge is 0.417 e. The zero-order valence-electron chi connectivity index (χ0n) is 13.0. The maximum atomic E-state index is 13.3. The molecular weight excluding hydrogens is 352 g/mol. The quantitative estimate of drug-likeness (QED) is 0.700. The number of amides is 1. The van der Waals surface area contributed by atoms with Crippen LogP contribution >= 0.6 is 0 Å². The van der Waals surface area contributed by atoms with Gasteiger partial charge in [0.15, 0.2) is 0 Å². The average Bonchev–Trinajstić information content (AvgIpc) is 3.03. The highest BCUT2D eigenvalue weighted by Gasteiger charge is 2.31. The highest BCUT2D eigenvalue weighted by molar-refractivity contribution is 6.06. The van der Waals surface area contributed by atoms with Crippen molar-refractivity contribution in [2.45, 2.75) is 12.7 Å². The van der Waals surface area contributed by atoms with Crippen molar-refractivity contribution in [3.8, 4) is 6.07 Å². The number of rotatable bonds is 3. The normalized spacial score (nSPS) is 11.3. The number of nitrogens with zero attached hydrogens (tertiary/aromatic N) is 2. The average molecular weight is 362 g/mol. The highest BCUT2D eigenvalue weighted by atomic mass is 19.4. The summed E-state index contributed by atoms with van der Waals surface area (Å²) >= 11 is 0. The molecule has 0 saturated heterocycles. The van der Waals surface area contributed by atoms with E-state index in [1.165, 1.54) is 18.3 Å². The molecule has 0 unspecified atom stereocenters. The first-order valence-corrected chi connectivity index (χ1v) is 7.30. The number of hydrogen-bond acceptors (Lipinski definition) is 3. The Morgan fingerprint density at radius 1 is 1.31 bits per heavy atom. The minimum atomic E-state index is -4.58. The first kappa shape index (κ1) is 17.4. The number of aromatic amines is 1. The lowest BCUT2D eigenvalue weighted by Gasteiger charge is -2.07. The number of nitrogens with one attached hydrogen (secondary N) is 2. The van der Waals surface area contributed by atoms with Crippen molar-refractivity contribution >= 4 is 16.9 Å². The van der Waals surface area contributed by atoms with E-state index in [0.717, 1.165) is 12.1 Å². The van der Waals surface area contributed by atoms with Crippen molar-refractivity contribution < 1.29 is 22.4 Å². The second-order valence-electron chi connectivity index (χ2n) is 5.43. The van der Waals surface area contributed by atoms with Gasteiger partial charge in [-0.25, -0.2) is 9.37 Å². The van der Waals surface area contributed by atoms with Crippen LogP contribution in [0.25, 0.3) is 11.0 Å². The van der Waals surface area contributed by atoms with Crippen LogP contribution in [0, 0.1) is 17.1 Å². The van der Waals surface area contributed by atoms with Gasteiger partial charge in [0.2, 0.25) is 0 Å². The number of carbonyl (C=O) groups is 1. The smallest absolute Gasteiger partial charge is 0.348 e. The molecule has 2 N–H and O–H groups in total. The zero-order chi connectivity index (χ0) is 18.9. The van der Waals surface area contributed by atoms with Crippen molar-refractivity contribution in [1.29, 1.82) is 5.26 Å². The number of alkyl halides is 3. The Hall–Kier alpha value is -3.41. The van der Waals surface area contributed by atoms with Crippen molar-refractivity contribution in [1.82, 2.24) is 15.3 Å². The first-order chi connectivity index (χ1) is 12.3. The fourth-order valence-electron chi connectivity index (χ4n) is 2.39. The molecule has 0 aliphatic rings. The van der Waals surface area contributed by atoms with Gasteiger partial charge in [0.05, 0.1) is 16.7 Å². The van der Waals surface area contributed by atoms with Gasteiger partial charge in [-0.2, -0.15) is 18.4 Å². The maximum Gasteiger partial charge on any atom is 0.417 e. The van der Waals surface area contributed by atoms with Gasteiger partial charge >= 0.3 is 6.18 Å². The molecule has 3 rings (SSSR count). The topological polar surface area (TPSA) is 81.6 Å². The molecule has 0 bridgehead atoms. The number of benzene rings is 1. The Morgan fingerprint density at radius 3 is 2.77 bits per heavy atom. The number of aromatic nitrogens is 2. The highest BCUT2D eigenvalue weighted by Crippen LogP contribution is 2.31. The summed E-state index contributed by atoms with van der Waals surface area (Å²) < 4.78 is 51.7. The molecule has 2 heterocycles. The Morgan fingerprint density at radius 2 is 2.08 bits per heavy atom. The minimum Gasteiger partial charge on any atom is -0.348 e. The summed E-state index contributed by atoms with van der Waals surface area (Å²) in [6.07, 6.45) is -2.63. The van der Waals surface area contributed by atoms with Crippen LogP contribution in [0.15, 0.2) is 36.7 Å². The van der Waals surface area contributed by atoms with Crippen LogP contribution in [-0.2, 0) is 12.7 Å². The lowest BCUT2D eigenvalue weighted by molar-refractivity contribution is -0.137. The van der Waals surface area contributed by atoms with E-state index in [4.69, 9.17) is 5.26 Å². The molecule has 26 heavy (non-hydrogen) atoms. The summed E-state index contributed by atoms with van der Waals surface area (Å²) in [5.74, 6) is -1.30. The number of halogens is 4. The van der Waals surface area contributed by atoms with E-state index in [1.807, 2.05) is 0 Å². The van der Waals surface area contributed by atoms with E-state index in [2.05, 4.69) is 15.3 Å². The zero-order valence-corrected chi connectivity index (χ0v) is 13.0. The Bertz CT molecular complexity index is 1030. The third kappa shape index (κ3) is 3.35. The maximum absolute atomic E-state index is 13.3. The van der Waals surface area contributed by atoms with Crippen LogP contribution in [0.3, 0.4) is 0 Å². The lowest BCUT2D eigenvalue weighted by atomic mass is 10.1. The van der Waals surface area contributed by atoms with Gasteiger partial charge in [-0.1, -0.05) is 6.07 Å². The van der Waals surface area contributed by atoms with Crippen LogP contribution in [0.2, 0.25) is 0 Å². The molecule has 0 radical (unpaired) electrons. The molecule has 0 saturated carbocycles. The van der Waals surface area contributed by atoms with Gasteiger partial charge in [0.1, 0.15) is 17.5 Å². The van der Waals surface area contributed by atoms with E-state index in [1.54, 1.807) is 6.07 Å². The molecule has 132 valence electrons.